The second-order valence-corrected chi connectivity index (χ2v) is 6.60. The van der Waals surface area contributed by atoms with E-state index in [-0.39, 0.29) is 30.6 Å². The lowest BCUT2D eigenvalue weighted by Gasteiger charge is -2.38. The number of benzene rings is 1. The first-order valence-corrected chi connectivity index (χ1v) is 8.62. The van der Waals surface area contributed by atoms with Crippen LogP contribution in [0.3, 0.4) is 0 Å². The lowest BCUT2D eigenvalue weighted by atomic mass is 10.0. The van der Waals surface area contributed by atoms with Gasteiger partial charge in [-0.3, -0.25) is 9.59 Å². The number of aromatic nitrogens is 1. The van der Waals surface area contributed by atoms with Crippen LogP contribution in [-0.2, 0) is 4.79 Å². The number of amides is 1. The molecule has 25 heavy (non-hydrogen) atoms. The summed E-state index contributed by atoms with van der Waals surface area (Å²) in [5.41, 5.74) is 0.562. The van der Waals surface area contributed by atoms with Crippen LogP contribution in [0, 0.1) is 0 Å². The van der Waals surface area contributed by atoms with Crippen molar-refractivity contribution in [3.05, 3.63) is 58.2 Å². The number of halogens is 2. The van der Waals surface area contributed by atoms with E-state index in [2.05, 4.69) is 4.98 Å². The zero-order valence-corrected chi connectivity index (χ0v) is 14.8. The SMILES string of the molecule is O=C(CCC(=O)N1CC(Oc2ncccc2Cl)C1)c1ccc(Cl)cc1. The van der Waals surface area contributed by atoms with E-state index in [9.17, 15) is 9.59 Å². The summed E-state index contributed by atoms with van der Waals surface area (Å²) in [6, 6.07) is 10.1. The number of nitrogens with zero attached hydrogens (tertiary/aromatic N) is 2. The molecule has 0 saturated carbocycles. The second kappa shape index (κ2) is 7.85. The van der Waals surface area contributed by atoms with Crippen molar-refractivity contribution in [2.75, 3.05) is 13.1 Å². The van der Waals surface area contributed by atoms with Crippen molar-refractivity contribution < 1.29 is 14.3 Å². The van der Waals surface area contributed by atoms with Crippen molar-refractivity contribution in [3.8, 4) is 5.88 Å². The van der Waals surface area contributed by atoms with E-state index in [1.54, 1.807) is 47.5 Å². The fraction of sp³-hybridized carbons (Fsp3) is 0.278. The minimum atomic E-state index is -0.122. The Bertz CT molecular complexity index is 774. The van der Waals surface area contributed by atoms with Crippen molar-refractivity contribution in [2.45, 2.75) is 18.9 Å². The van der Waals surface area contributed by atoms with Crippen LogP contribution >= 0.6 is 23.2 Å². The van der Waals surface area contributed by atoms with Crippen LogP contribution in [0.4, 0.5) is 0 Å². The summed E-state index contributed by atoms with van der Waals surface area (Å²) in [5, 5.41) is 1.02. The molecular formula is C18H16Cl2N2O3. The van der Waals surface area contributed by atoms with Gasteiger partial charge in [0.1, 0.15) is 11.1 Å². The third-order valence-corrected chi connectivity index (χ3v) is 4.48. The maximum absolute atomic E-state index is 12.1. The minimum Gasteiger partial charge on any atom is -0.470 e. The molecule has 5 nitrogen and oxygen atoms in total. The molecule has 1 amide bonds. The number of likely N-dealkylation sites (tertiary alicyclic amines) is 1. The summed E-state index contributed by atoms with van der Waals surface area (Å²) >= 11 is 11.8. The molecule has 0 radical (unpaired) electrons. The smallest absolute Gasteiger partial charge is 0.232 e. The Hall–Kier alpha value is -2.11. The molecule has 0 atom stereocenters. The molecule has 2 heterocycles. The first kappa shape index (κ1) is 17.7. The Morgan fingerprint density at radius 3 is 2.52 bits per heavy atom. The molecular weight excluding hydrogens is 363 g/mol. The first-order valence-electron chi connectivity index (χ1n) is 7.86. The highest BCUT2D eigenvalue weighted by atomic mass is 35.5. The number of Topliss-reactive ketones (excluding diaryl/α,β-unsaturated/α-hetero) is 1. The summed E-state index contributed by atoms with van der Waals surface area (Å²) < 4.78 is 5.65. The van der Waals surface area contributed by atoms with Gasteiger partial charge in [-0.05, 0) is 36.4 Å². The summed E-state index contributed by atoms with van der Waals surface area (Å²) in [7, 11) is 0. The van der Waals surface area contributed by atoms with Crippen LogP contribution in [0.25, 0.3) is 0 Å². The van der Waals surface area contributed by atoms with Crippen LogP contribution in [0.1, 0.15) is 23.2 Å². The standard InChI is InChI=1S/C18H16Cl2N2O3/c19-13-5-3-12(4-6-13)16(23)7-8-17(24)22-10-14(11-22)25-18-15(20)2-1-9-21-18/h1-6,9,14H,7-8,10-11H2. The molecule has 0 N–H and O–H groups in total. The van der Waals surface area contributed by atoms with Gasteiger partial charge in [-0.15, -0.1) is 0 Å². The van der Waals surface area contributed by atoms with Gasteiger partial charge in [0.05, 0.1) is 13.1 Å². The van der Waals surface area contributed by atoms with Crippen molar-refractivity contribution in [3.63, 3.8) is 0 Å². The number of carbonyl (C=O) groups is 2. The molecule has 1 saturated heterocycles. The fourth-order valence-corrected chi connectivity index (χ4v) is 2.78. The largest absolute Gasteiger partial charge is 0.470 e. The van der Waals surface area contributed by atoms with Crippen molar-refractivity contribution in [1.82, 2.24) is 9.88 Å². The molecule has 1 fully saturated rings. The summed E-state index contributed by atoms with van der Waals surface area (Å²) in [6.45, 7) is 0.946. The van der Waals surface area contributed by atoms with Crippen LogP contribution in [0.15, 0.2) is 42.6 Å². The Morgan fingerprint density at radius 1 is 1.12 bits per heavy atom. The predicted octanol–water partition coefficient (Wildman–Crippen LogP) is 3.64. The van der Waals surface area contributed by atoms with E-state index in [1.165, 1.54) is 0 Å². The summed E-state index contributed by atoms with van der Waals surface area (Å²) in [6.07, 6.45) is 1.83. The van der Waals surface area contributed by atoms with Gasteiger partial charge in [-0.1, -0.05) is 23.2 Å². The number of hydrogen-bond donors (Lipinski definition) is 0. The van der Waals surface area contributed by atoms with Crippen molar-refractivity contribution in [2.24, 2.45) is 0 Å². The van der Waals surface area contributed by atoms with Gasteiger partial charge in [-0.2, -0.15) is 0 Å². The number of ether oxygens (including phenoxy) is 1. The number of ketones is 1. The molecule has 0 unspecified atom stereocenters. The molecule has 0 aliphatic carbocycles. The molecule has 130 valence electrons. The monoisotopic (exact) mass is 378 g/mol. The molecule has 0 spiro atoms. The van der Waals surface area contributed by atoms with E-state index in [0.29, 0.717) is 34.6 Å². The molecule has 1 aliphatic heterocycles. The topological polar surface area (TPSA) is 59.5 Å². The van der Waals surface area contributed by atoms with E-state index < -0.39 is 0 Å². The van der Waals surface area contributed by atoms with Gasteiger partial charge in [0.15, 0.2) is 5.78 Å². The fourth-order valence-electron chi connectivity index (χ4n) is 2.49. The van der Waals surface area contributed by atoms with Gasteiger partial charge >= 0.3 is 0 Å². The molecule has 0 bridgehead atoms. The molecule has 7 heteroatoms. The number of hydrogen-bond acceptors (Lipinski definition) is 4. The number of rotatable bonds is 6. The minimum absolute atomic E-state index is 0.0609. The zero-order valence-electron chi connectivity index (χ0n) is 13.3. The van der Waals surface area contributed by atoms with Gasteiger partial charge < -0.3 is 9.64 Å². The van der Waals surface area contributed by atoms with Gasteiger partial charge in [-0.25, -0.2) is 4.98 Å². The Kier molecular flexibility index (Phi) is 5.56. The Labute approximate surface area is 155 Å². The van der Waals surface area contributed by atoms with Crippen LogP contribution in [0.5, 0.6) is 5.88 Å². The average Bonchev–Trinajstić information content (AvgIpc) is 2.57. The maximum atomic E-state index is 12.1. The van der Waals surface area contributed by atoms with Crippen LogP contribution in [-0.4, -0.2) is 40.8 Å². The second-order valence-electron chi connectivity index (χ2n) is 5.76. The molecule has 3 rings (SSSR count). The summed E-state index contributed by atoms with van der Waals surface area (Å²) in [5.74, 6) is 0.243. The van der Waals surface area contributed by atoms with E-state index in [0.717, 1.165) is 0 Å². The van der Waals surface area contributed by atoms with Crippen LogP contribution < -0.4 is 4.74 Å². The van der Waals surface area contributed by atoms with Gasteiger partial charge in [0.2, 0.25) is 11.8 Å². The Balaban J connectivity index is 1.42. The Morgan fingerprint density at radius 2 is 1.84 bits per heavy atom. The van der Waals surface area contributed by atoms with E-state index in [4.69, 9.17) is 27.9 Å². The van der Waals surface area contributed by atoms with Crippen LogP contribution in [0.2, 0.25) is 10.0 Å². The zero-order chi connectivity index (χ0) is 17.8. The number of carbonyl (C=O) groups excluding carboxylic acids is 2. The molecule has 1 aromatic heterocycles. The van der Waals surface area contributed by atoms with E-state index >= 15 is 0 Å². The molecule has 1 aromatic carbocycles. The van der Waals surface area contributed by atoms with Crippen molar-refractivity contribution >= 4 is 34.9 Å². The predicted molar refractivity (Wildman–Crippen MR) is 95.3 cm³/mol. The lowest BCUT2D eigenvalue weighted by Crippen LogP contribution is -2.56. The third-order valence-electron chi connectivity index (χ3n) is 3.94. The molecule has 2 aromatic rings. The highest BCUT2D eigenvalue weighted by Gasteiger charge is 2.32. The average molecular weight is 379 g/mol. The highest BCUT2D eigenvalue weighted by Crippen LogP contribution is 2.24. The number of pyridine rings is 1. The van der Waals surface area contributed by atoms with Crippen molar-refractivity contribution in [1.29, 1.82) is 0 Å². The summed E-state index contributed by atoms with van der Waals surface area (Å²) in [4.78, 5) is 29.9. The molecule has 1 aliphatic rings. The third kappa shape index (κ3) is 4.50. The normalized spacial score (nSPS) is 14.1. The highest BCUT2D eigenvalue weighted by molar-refractivity contribution is 6.31. The first-order chi connectivity index (χ1) is 12.0. The quantitative estimate of drug-likeness (QED) is 0.719. The maximum Gasteiger partial charge on any atom is 0.232 e. The van der Waals surface area contributed by atoms with Gasteiger partial charge in [0.25, 0.3) is 0 Å². The lowest BCUT2D eigenvalue weighted by molar-refractivity contribution is -0.140. The van der Waals surface area contributed by atoms with E-state index in [1.807, 2.05) is 0 Å². The van der Waals surface area contributed by atoms with Gasteiger partial charge in [0, 0.05) is 29.6 Å².